The van der Waals surface area contributed by atoms with Crippen molar-refractivity contribution in [2.75, 3.05) is 13.7 Å². The molecule has 0 radical (unpaired) electrons. The van der Waals surface area contributed by atoms with Crippen LogP contribution in [-0.2, 0) is 4.79 Å². The Morgan fingerprint density at radius 3 is 2.94 bits per heavy atom. The molecule has 1 aliphatic heterocycles. The number of rotatable bonds is 2. The predicted octanol–water partition coefficient (Wildman–Crippen LogP) is 2.21. The molecule has 1 aromatic rings. The Morgan fingerprint density at radius 2 is 2.31 bits per heavy atom. The number of aliphatic carboxylic acids is 1. The van der Waals surface area contributed by atoms with Crippen LogP contribution in [0, 0.1) is 0 Å². The summed E-state index contributed by atoms with van der Waals surface area (Å²) >= 11 is 5.88. The number of halogens is 1. The van der Waals surface area contributed by atoms with E-state index in [1.807, 2.05) is 0 Å². The Kier molecular flexibility index (Phi) is 2.75. The first-order valence-corrected chi connectivity index (χ1v) is 4.94. The van der Waals surface area contributed by atoms with Crippen LogP contribution in [0.25, 0.3) is 6.08 Å². The van der Waals surface area contributed by atoms with Gasteiger partial charge in [-0.2, -0.15) is 0 Å². The van der Waals surface area contributed by atoms with E-state index in [2.05, 4.69) is 0 Å². The van der Waals surface area contributed by atoms with Crippen molar-refractivity contribution < 1.29 is 19.4 Å². The first-order chi connectivity index (χ1) is 7.61. The maximum absolute atomic E-state index is 10.8. The summed E-state index contributed by atoms with van der Waals surface area (Å²) < 4.78 is 10.4. The van der Waals surface area contributed by atoms with Crippen molar-refractivity contribution in [2.45, 2.75) is 0 Å². The first kappa shape index (κ1) is 10.8. The summed E-state index contributed by atoms with van der Waals surface area (Å²) in [7, 11) is 1.51. The number of carboxylic acids is 1. The fraction of sp³-hybridized carbons (Fsp3) is 0.182. The summed E-state index contributed by atoms with van der Waals surface area (Å²) in [6.07, 6.45) is 1.54. The van der Waals surface area contributed by atoms with Crippen LogP contribution >= 0.6 is 11.6 Å². The Balaban J connectivity index is 2.54. The molecule has 1 N–H and O–H groups in total. The number of ether oxygens (including phenoxy) is 2. The largest absolute Gasteiger partial charge is 0.493 e. The summed E-state index contributed by atoms with van der Waals surface area (Å²) in [5.74, 6) is 0.0321. The van der Waals surface area contributed by atoms with Gasteiger partial charge in [-0.25, -0.2) is 4.79 Å². The second-order valence-electron chi connectivity index (χ2n) is 3.29. The number of hydrogen-bond acceptors (Lipinski definition) is 3. The van der Waals surface area contributed by atoms with E-state index in [0.29, 0.717) is 22.1 Å². The standard InChI is InChI=1S/C11H9ClO4/c1-15-9-4-8(12)3-6-2-7(11(13)14)5-16-10(6)9/h2-4H,5H2,1H3,(H,13,14). The molecule has 0 saturated carbocycles. The molecule has 0 saturated heterocycles. The normalized spacial score (nSPS) is 13.5. The minimum absolute atomic E-state index is 0.0281. The lowest BCUT2D eigenvalue weighted by Crippen LogP contribution is -2.14. The van der Waals surface area contributed by atoms with Crippen molar-refractivity contribution in [1.29, 1.82) is 0 Å². The zero-order valence-electron chi connectivity index (χ0n) is 8.49. The molecule has 0 fully saturated rings. The lowest BCUT2D eigenvalue weighted by molar-refractivity contribution is -0.132. The average molecular weight is 241 g/mol. The highest BCUT2D eigenvalue weighted by atomic mass is 35.5. The SMILES string of the molecule is COc1cc(Cl)cc2c1OCC(C(=O)O)=C2. The summed E-state index contributed by atoms with van der Waals surface area (Å²) in [6.45, 7) is 0.0281. The maximum atomic E-state index is 10.8. The van der Waals surface area contributed by atoms with Gasteiger partial charge in [0.15, 0.2) is 11.5 Å². The molecule has 0 aliphatic carbocycles. The minimum atomic E-state index is -0.996. The number of benzene rings is 1. The zero-order valence-corrected chi connectivity index (χ0v) is 9.25. The highest BCUT2D eigenvalue weighted by Crippen LogP contribution is 2.38. The monoisotopic (exact) mass is 240 g/mol. The molecule has 1 aromatic carbocycles. The predicted molar refractivity (Wildman–Crippen MR) is 59.1 cm³/mol. The number of hydrogen-bond donors (Lipinski definition) is 1. The van der Waals surface area contributed by atoms with Crippen molar-refractivity contribution in [3.8, 4) is 11.5 Å². The highest BCUT2D eigenvalue weighted by molar-refractivity contribution is 6.31. The molecular formula is C11H9ClO4. The Bertz CT molecular complexity index is 479. The summed E-state index contributed by atoms with van der Waals surface area (Å²) in [5, 5.41) is 9.32. The van der Waals surface area contributed by atoms with Crippen LogP contribution < -0.4 is 9.47 Å². The third kappa shape index (κ3) is 1.84. The maximum Gasteiger partial charge on any atom is 0.335 e. The van der Waals surface area contributed by atoms with Crippen LogP contribution in [0.2, 0.25) is 5.02 Å². The van der Waals surface area contributed by atoms with E-state index < -0.39 is 5.97 Å². The van der Waals surface area contributed by atoms with E-state index in [-0.39, 0.29) is 12.2 Å². The second kappa shape index (κ2) is 4.06. The summed E-state index contributed by atoms with van der Waals surface area (Å²) in [6, 6.07) is 3.27. The molecule has 2 rings (SSSR count). The molecule has 0 aromatic heterocycles. The van der Waals surface area contributed by atoms with Gasteiger partial charge in [-0.3, -0.25) is 0 Å². The van der Waals surface area contributed by atoms with Crippen molar-refractivity contribution in [2.24, 2.45) is 0 Å². The van der Waals surface area contributed by atoms with Crippen molar-refractivity contribution in [1.82, 2.24) is 0 Å². The van der Waals surface area contributed by atoms with Crippen LogP contribution in [-0.4, -0.2) is 24.8 Å². The summed E-state index contributed by atoms with van der Waals surface area (Å²) in [5.41, 5.74) is 0.810. The van der Waals surface area contributed by atoms with Crippen molar-refractivity contribution >= 4 is 23.6 Å². The van der Waals surface area contributed by atoms with Crippen LogP contribution in [0.1, 0.15) is 5.56 Å². The topological polar surface area (TPSA) is 55.8 Å². The van der Waals surface area contributed by atoms with Gasteiger partial charge >= 0.3 is 5.97 Å². The van der Waals surface area contributed by atoms with E-state index >= 15 is 0 Å². The molecule has 5 heteroatoms. The van der Waals surface area contributed by atoms with Gasteiger partial charge in [0.1, 0.15) is 6.61 Å². The fourth-order valence-corrected chi connectivity index (χ4v) is 1.72. The van der Waals surface area contributed by atoms with Crippen molar-refractivity contribution in [3.63, 3.8) is 0 Å². The van der Waals surface area contributed by atoms with Gasteiger partial charge in [-0.15, -0.1) is 0 Å². The fourth-order valence-electron chi connectivity index (χ4n) is 1.50. The van der Waals surface area contributed by atoms with Gasteiger partial charge < -0.3 is 14.6 Å². The Labute approximate surface area is 97.0 Å². The van der Waals surface area contributed by atoms with Gasteiger partial charge in [0, 0.05) is 16.7 Å². The Morgan fingerprint density at radius 1 is 1.56 bits per heavy atom. The molecule has 0 atom stereocenters. The molecule has 84 valence electrons. The molecule has 1 heterocycles. The molecule has 0 amide bonds. The molecule has 16 heavy (non-hydrogen) atoms. The second-order valence-corrected chi connectivity index (χ2v) is 3.73. The van der Waals surface area contributed by atoms with Gasteiger partial charge in [-0.1, -0.05) is 11.6 Å². The van der Waals surface area contributed by atoms with Gasteiger partial charge in [0.25, 0.3) is 0 Å². The van der Waals surface area contributed by atoms with Crippen LogP contribution in [0.4, 0.5) is 0 Å². The highest BCUT2D eigenvalue weighted by Gasteiger charge is 2.20. The average Bonchev–Trinajstić information content (AvgIpc) is 2.26. The summed E-state index contributed by atoms with van der Waals surface area (Å²) in [4.78, 5) is 10.8. The van der Waals surface area contributed by atoms with E-state index in [0.717, 1.165) is 0 Å². The quantitative estimate of drug-likeness (QED) is 0.861. The molecule has 0 bridgehead atoms. The minimum Gasteiger partial charge on any atom is -0.493 e. The third-order valence-electron chi connectivity index (χ3n) is 2.24. The lowest BCUT2D eigenvalue weighted by atomic mass is 10.1. The molecular weight excluding hydrogens is 232 g/mol. The van der Waals surface area contributed by atoms with Crippen molar-refractivity contribution in [3.05, 3.63) is 28.3 Å². The van der Waals surface area contributed by atoms with Crippen LogP contribution in [0.15, 0.2) is 17.7 Å². The van der Waals surface area contributed by atoms with Gasteiger partial charge in [0.2, 0.25) is 0 Å². The third-order valence-corrected chi connectivity index (χ3v) is 2.46. The van der Waals surface area contributed by atoms with Gasteiger partial charge in [0.05, 0.1) is 12.7 Å². The lowest BCUT2D eigenvalue weighted by Gasteiger charge is -2.18. The van der Waals surface area contributed by atoms with Gasteiger partial charge in [-0.05, 0) is 12.1 Å². The zero-order chi connectivity index (χ0) is 11.7. The van der Waals surface area contributed by atoms with Crippen LogP contribution in [0.3, 0.4) is 0 Å². The Hall–Kier alpha value is -1.68. The first-order valence-electron chi connectivity index (χ1n) is 4.56. The molecule has 0 spiro atoms. The van der Waals surface area contributed by atoms with Crippen LogP contribution in [0.5, 0.6) is 11.5 Å². The smallest absolute Gasteiger partial charge is 0.335 e. The van der Waals surface area contributed by atoms with E-state index in [1.54, 1.807) is 12.1 Å². The number of carbonyl (C=O) groups is 1. The van der Waals surface area contributed by atoms with E-state index in [4.69, 9.17) is 26.2 Å². The number of fused-ring (bicyclic) bond motifs is 1. The van der Waals surface area contributed by atoms with E-state index in [1.165, 1.54) is 13.2 Å². The molecule has 0 unspecified atom stereocenters. The number of methoxy groups -OCH3 is 1. The molecule has 1 aliphatic rings. The molecule has 4 nitrogen and oxygen atoms in total. The van der Waals surface area contributed by atoms with E-state index in [9.17, 15) is 4.79 Å². The number of carboxylic acid groups (broad SMARTS) is 1.